The molecule has 3 rings (SSSR count). The van der Waals surface area contributed by atoms with Crippen molar-refractivity contribution in [3.63, 3.8) is 0 Å². The normalized spacial score (nSPS) is 11.8. The van der Waals surface area contributed by atoms with Gasteiger partial charge in [-0.1, -0.05) is 24.8 Å². The van der Waals surface area contributed by atoms with Gasteiger partial charge < -0.3 is 25.8 Å². The second-order valence-electron chi connectivity index (χ2n) is 10.0. The molecule has 0 aliphatic rings. The summed E-state index contributed by atoms with van der Waals surface area (Å²) in [6.07, 6.45) is 9.04. The molecule has 41 heavy (non-hydrogen) atoms. The first-order valence-electron chi connectivity index (χ1n) is 13.8. The Balaban J connectivity index is 1.52. The molecule has 0 saturated heterocycles. The molecule has 0 aliphatic carbocycles. The predicted octanol–water partition coefficient (Wildman–Crippen LogP) is 3.14. The van der Waals surface area contributed by atoms with Crippen molar-refractivity contribution in [2.24, 2.45) is 7.05 Å². The smallest absolute Gasteiger partial charge is 0.246 e. The molecule has 0 saturated carbocycles. The lowest BCUT2D eigenvalue weighted by Gasteiger charge is -2.23. The van der Waals surface area contributed by atoms with Crippen LogP contribution in [-0.2, 0) is 16.6 Å². The van der Waals surface area contributed by atoms with E-state index in [1.165, 1.54) is 11.0 Å². The molecule has 0 spiro atoms. The highest BCUT2D eigenvalue weighted by atomic mass is 16.2. The monoisotopic (exact) mass is 559 g/mol. The molecule has 2 amide bonds. The number of carbonyl (C=O) groups excluding carboxylic acids is 2. The molecule has 0 unspecified atom stereocenters. The molecule has 2 aromatic heterocycles. The van der Waals surface area contributed by atoms with Crippen LogP contribution in [0.4, 0.5) is 17.5 Å². The van der Waals surface area contributed by atoms with Crippen molar-refractivity contribution in [2.45, 2.75) is 39.2 Å². The summed E-state index contributed by atoms with van der Waals surface area (Å²) in [5.74, 6) is 7.07. The number of rotatable bonds is 13. The minimum atomic E-state index is -0.569. The number of carbonyl (C=O) groups is 2. The standard InChI is InChI=1S/C30H41N9O2/c1-7-16-31-28-23(20-33-30(36-28)35-25-14-15-26-24(19-25)21-34-39(26)6)12-9-8-10-17-32-29(41)22(2)38(5)27(40)13-11-18-37(3)4/h11,13-15,19-22H,7-8,10,16-18H2,1-6H3,(H,32,41)(H2,31,33,35,36)/t22-/m0/s1. The number of nitrogens with zero attached hydrogens (tertiary/aromatic N) is 6. The Kier molecular flexibility index (Phi) is 11.7. The average Bonchev–Trinajstić information content (AvgIpc) is 3.32. The predicted molar refractivity (Wildman–Crippen MR) is 164 cm³/mol. The molecule has 2 heterocycles. The molecule has 0 fully saturated rings. The van der Waals surface area contributed by atoms with Gasteiger partial charge in [-0.3, -0.25) is 14.3 Å². The quantitative estimate of drug-likeness (QED) is 0.166. The maximum absolute atomic E-state index is 12.5. The van der Waals surface area contributed by atoms with Gasteiger partial charge in [-0.2, -0.15) is 10.1 Å². The van der Waals surface area contributed by atoms with Crippen LogP contribution in [0.25, 0.3) is 10.9 Å². The number of likely N-dealkylation sites (N-methyl/N-ethyl adjacent to an activating group) is 2. The first-order chi connectivity index (χ1) is 19.7. The number of nitrogens with one attached hydrogen (secondary N) is 3. The third-order valence-electron chi connectivity index (χ3n) is 6.37. The minimum Gasteiger partial charge on any atom is -0.369 e. The van der Waals surface area contributed by atoms with Crippen molar-refractivity contribution in [2.75, 3.05) is 51.4 Å². The van der Waals surface area contributed by atoms with Crippen molar-refractivity contribution in [3.8, 4) is 11.8 Å². The van der Waals surface area contributed by atoms with Crippen LogP contribution in [0.1, 0.15) is 38.7 Å². The van der Waals surface area contributed by atoms with Gasteiger partial charge in [-0.15, -0.1) is 0 Å². The summed E-state index contributed by atoms with van der Waals surface area (Å²) < 4.78 is 1.83. The van der Waals surface area contributed by atoms with E-state index >= 15 is 0 Å². The Morgan fingerprint density at radius 2 is 1.98 bits per heavy atom. The van der Waals surface area contributed by atoms with E-state index < -0.39 is 6.04 Å². The topological polar surface area (TPSA) is 120 Å². The van der Waals surface area contributed by atoms with E-state index in [0.29, 0.717) is 43.3 Å². The Morgan fingerprint density at radius 1 is 1.17 bits per heavy atom. The van der Waals surface area contributed by atoms with Gasteiger partial charge in [0.1, 0.15) is 11.9 Å². The van der Waals surface area contributed by atoms with Gasteiger partial charge in [0.25, 0.3) is 0 Å². The molecule has 3 N–H and O–H groups in total. The van der Waals surface area contributed by atoms with E-state index in [1.807, 2.05) is 55.1 Å². The van der Waals surface area contributed by atoms with Crippen LogP contribution in [0.15, 0.2) is 42.7 Å². The van der Waals surface area contributed by atoms with E-state index in [9.17, 15) is 9.59 Å². The van der Waals surface area contributed by atoms with Crippen LogP contribution in [0.3, 0.4) is 0 Å². The molecule has 11 nitrogen and oxygen atoms in total. The number of anilines is 3. The lowest BCUT2D eigenvalue weighted by molar-refractivity contribution is -0.135. The molecule has 0 radical (unpaired) electrons. The number of aryl methyl sites for hydroxylation is 1. The molecule has 218 valence electrons. The van der Waals surface area contributed by atoms with Crippen LogP contribution >= 0.6 is 0 Å². The van der Waals surface area contributed by atoms with Gasteiger partial charge in [-0.25, -0.2) is 4.98 Å². The third-order valence-corrected chi connectivity index (χ3v) is 6.37. The Hall–Kier alpha value is -4.43. The molecule has 11 heteroatoms. The number of hydrogen-bond donors (Lipinski definition) is 3. The second kappa shape index (κ2) is 15.4. The third kappa shape index (κ3) is 9.32. The minimum absolute atomic E-state index is 0.194. The Bertz CT molecular complexity index is 1420. The summed E-state index contributed by atoms with van der Waals surface area (Å²) >= 11 is 0. The highest BCUT2D eigenvalue weighted by Gasteiger charge is 2.20. The average molecular weight is 560 g/mol. The number of hydrogen-bond acceptors (Lipinski definition) is 8. The van der Waals surface area contributed by atoms with E-state index in [2.05, 4.69) is 49.8 Å². The van der Waals surface area contributed by atoms with Crippen molar-refractivity contribution < 1.29 is 9.59 Å². The SMILES string of the molecule is CCCNc1nc(Nc2ccc3c(cnn3C)c2)ncc1C#CCCCNC(=O)[C@H](C)N(C)C(=O)C=CCN(C)C. The highest BCUT2D eigenvalue weighted by Crippen LogP contribution is 2.22. The molecule has 0 bridgehead atoms. The largest absolute Gasteiger partial charge is 0.369 e. The fourth-order valence-electron chi connectivity index (χ4n) is 3.82. The summed E-state index contributed by atoms with van der Waals surface area (Å²) in [5.41, 5.74) is 2.64. The summed E-state index contributed by atoms with van der Waals surface area (Å²) in [7, 11) is 7.39. The zero-order valence-corrected chi connectivity index (χ0v) is 24.9. The van der Waals surface area contributed by atoms with Crippen LogP contribution < -0.4 is 16.0 Å². The fourth-order valence-corrected chi connectivity index (χ4v) is 3.82. The lowest BCUT2D eigenvalue weighted by atomic mass is 10.2. The second-order valence-corrected chi connectivity index (χ2v) is 10.0. The summed E-state index contributed by atoms with van der Waals surface area (Å²) in [6.45, 7) is 5.70. The molecular weight excluding hydrogens is 518 g/mol. The summed E-state index contributed by atoms with van der Waals surface area (Å²) in [4.78, 5) is 37.3. The number of benzene rings is 1. The van der Waals surface area contributed by atoms with Crippen LogP contribution in [-0.4, -0.2) is 88.2 Å². The molecule has 3 aromatic rings. The fraction of sp³-hybridized carbons (Fsp3) is 0.433. The highest BCUT2D eigenvalue weighted by molar-refractivity contribution is 5.92. The van der Waals surface area contributed by atoms with E-state index in [4.69, 9.17) is 0 Å². The van der Waals surface area contributed by atoms with Gasteiger partial charge in [-0.05, 0) is 52.1 Å². The van der Waals surface area contributed by atoms with E-state index in [-0.39, 0.29) is 11.8 Å². The van der Waals surface area contributed by atoms with Crippen molar-refractivity contribution in [3.05, 3.63) is 48.3 Å². The number of aromatic nitrogens is 4. The maximum Gasteiger partial charge on any atom is 0.246 e. The first-order valence-corrected chi connectivity index (χ1v) is 13.8. The van der Waals surface area contributed by atoms with Crippen LogP contribution in [0.5, 0.6) is 0 Å². The zero-order chi connectivity index (χ0) is 29.8. The van der Waals surface area contributed by atoms with Gasteiger partial charge in [0.2, 0.25) is 17.8 Å². The molecular formula is C30H41N9O2. The van der Waals surface area contributed by atoms with Gasteiger partial charge in [0, 0.05) is 57.3 Å². The van der Waals surface area contributed by atoms with E-state index in [1.54, 1.807) is 26.2 Å². The van der Waals surface area contributed by atoms with Gasteiger partial charge in [0.05, 0.1) is 23.5 Å². The van der Waals surface area contributed by atoms with Crippen LogP contribution in [0.2, 0.25) is 0 Å². The Morgan fingerprint density at radius 3 is 2.73 bits per heavy atom. The van der Waals surface area contributed by atoms with Crippen molar-refractivity contribution in [1.82, 2.24) is 34.9 Å². The van der Waals surface area contributed by atoms with Crippen LogP contribution in [0, 0.1) is 11.8 Å². The first kappa shape index (κ1) is 31.1. The number of fused-ring (bicyclic) bond motifs is 1. The molecule has 1 aromatic carbocycles. The Labute approximate surface area is 242 Å². The van der Waals surface area contributed by atoms with E-state index in [0.717, 1.165) is 29.6 Å². The number of amides is 2. The summed E-state index contributed by atoms with van der Waals surface area (Å²) in [5, 5.41) is 14.8. The molecule has 1 atom stereocenters. The van der Waals surface area contributed by atoms with Crippen molar-refractivity contribution in [1.29, 1.82) is 0 Å². The van der Waals surface area contributed by atoms with Crippen molar-refractivity contribution >= 4 is 40.2 Å². The summed E-state index contributed by atoms with van der Waals surface area (Å²) in [6, 6.07) is 5.42. The number of unbranched alkanes of at least 4 members (excludes halogenated alkanes) is 1. The van der Waals surface area contributed by atoms with Gasteiger partial charge >= 0.3 is 0 Å². The maximum atomic E-state index is 12.5. The molecule has 0 aliphatic heterocycles. The van der Waals surface area contributed by atoms with Gasteiger partial charge in [0.15, 0.2) is 0 Å². The lowest BCUT2D eigenvalue weighted by Crippen LogP contribution is -2.45. The zero-order valence-electron chi connectivity index (χ0n) is 24.9.